The summed E-state index contributed by atoms with van der Waals surface area (Å²) in [5, 5.41) is 0. The average Bonchev–Trinajstić information content (AvgIpc) is 2.77. The lowest BCUT2D eigenvalue weighted by molar-refractivity contribution is 0.0929. The van der Waals surface area contributed by atoms with Gasteiger partial charge in [0.25, 0.3) is 0 Å². The monoisotopic (exact) mass is 284 g/mol. The first-order valence-electron chi connectivity index (χ1n) is 5.94. The van der Waals surface area contributed by atoms with Crippen LogP contribution >= 0.6 is 0 Å². The second-order valence-electron chi connectivity index (χ2n) is 4.51. The summed E-state index contributed by atoms with van der Waals surface area (Å²) in [5.74, 6) is 0.151. The highest BCUT2D eigenvalue weighted by Crippen LogP contribution is 2.34. The summed E-state index contributed by atoms with van der Waals surface area (Å²) < 4.78 is 33.2. The van der Waals surface area contributed by atoms with Crippen LogP contribution in [0.5, 0.6) is 11.5 Å². The first kappa shape index (κ1) is 13.9. The number of Topliss-reactive ketones (excluding diaryl/α,β-unsaturated/α-hetero) is 1. The molecular weight excluding hydrogens is 268 g/mol. The minimum absolute atomic E-state index is 0.0772. The van der Waals surface area contributed by atoms with Gasteiger partial charge < -0.3 is 9.47 Å². The third-order valence-electron chi connectivity index (χ3n) is 3.27. The SMILES string of the molecule is COc1cccc(C(=O)C2CCS(=O)(=O)C2)c1OC. The summed E-state index contributed by atoms with van der Waals surface area (Å²) in [6, 6.07) is 5.02. The van der Waals surface area contributed by atoms with Crippen molar-refractivity contribution < 1.29 is 22.7 Å². The Balaban J connectivity index is 2.34. The van der Waals surface area contributed by atoms with Crippen molar-refractivity contribution in [3.8, 4) is 11.5 Å². The zero-order valence-corrected chi connectivity index (χ0v) is 11.7. The standard InChI is InChI=1S/C13H16O5S/c1-17-11-5-3-4-10(13(11)18-2)12(14)9-6-7-19(15,16)8-9/h3-5,9H,6-8H2,1-2H3. The highest BCUT2D eigenvalue weighted by atomic mass is 32.2. The van der Waals surface area contributed by atoms with Gasteiger partial charge in [-0.05, 0) is 18.6 Å². The maximum Gasteiger partial charge on any atom is 0.171 e. The van der Waals surface area contributed by atoms with Gasteiger partial charge in [-0.15, -0.1) is 0 Å². The molecule has 0 radical (unpaired) electrons. The molecule has 2 rings (SSSR count). The summed E-state index contributed by atoms with van der Waals surface area (Å²) in [6.07, 6.45) is 0.377. The number of rotatable bonds is 4. The molecule has 0 aromatic heterocycles. The van der Waals surface area contributed by atoms with E-state index in [-0.39, 0.29) is 17.3 Å². The maximum absolute atomic E-state index is 12.4. The lowest BCUT2D eigenvalue weighted by Crippen LogP contribution is -2.17. The predicted molar refractivity (Wildman–Crippen MR) is 70.6 cm³/mol. The molecule has 1 heterocycles. The number of hydrogen-bond acceptors (Lipinski definition) is 5. The van der Waals surface area contributed by atoms with Crippen LogP contribution in [0.1, 0.15) is 16.8 Å². The van der Waals surface area contributed by atoms with Crippen LogP contribution in [0.25, 0.3) is 0 Å². The summed E-state index contributed by atoms with van der Waals surface area (Å²) in [6.45, 7) is 0. The molecular formula is C13H16O5S. The van der Waals surface area contributed by atoms with Crippen LogP contribution in [0.15, 0.2) is 18.2 Å². The molecule has 1 saturated heterocycles. The van der Waals surface area contributed by atoms with Crippen molar-refractivity contribution in [2.45, 2.75) is 6.42 Å². The van der Waals surface area contributed by atoms with Gasteiger partial charge in [0.05, 0.1) is 31.3 Å². The van der Waals surface area contributed by atoms with Crippen molar-refractivity contribution in [2.75, 3.05) is 25.7 Å². The van der Waals surface area contributed by atoms with E-state index in [0.29, 0.717) is 23.5 Å². The van der Waals surface area contributed by atoms with Crippen LogP contribution in [0.3, 0.4) is 0 Å². The zero-order valence-electron chi connectivity index (χ0n) is 10.9. The first-order valence-corrected chi connectivity index (χ1v) is 7.76. The number of para-hydroxylation sites is 1. The highest BCUT2D eigenvalue weighted by Gasteiger charge is 2.34. The number of carbonyl (C=O) groups is 1. The Morgan fingerprint density at radius 3 is 2.53 bits per heavy atom. The van der Waals surface area contributed by atoms with Crippen molar-refractivity contribution in [3.05, 3.63) is 23.8 Å². The van der Waals surface area contributed by atoms with E-state index in [1.807, 2.05) is 0 Å². The van der Waals surface area contributed by atoms with Crippen molar-refractivity contribution >= 4 is 15.6 Å². The number of benzene rings is 1. The lowest BCUT2D eigenvalue weighted by Gasteiger charge is -2.13. The number of ether oxygens (including phenoxy) is 2. The van der Waals surface area contributed by atoms with Crippen LogP contribution in [0.4, 0.5) is 0 Å². The Hall–Kier alpha value is -1.56. The quantitative estimate of drug-likeness (QED) is 0.780. The lowest BCUT2D eigenvalue weighted by atomic mass is 9.96. The largest absolute Gasteiger partial charge is 0.493 e. The predicted octanol–water partition coefficient (Wildman–Crippen LogP) is 1.32. The van der Waals surface area contributed by atoms with Gasteiger partial charge in [0, 0.05) is 5.92 Å². The van der Waals surface area contributed by atoms with Crippen LogP contribution in [-0.2, 0) is 9.84 Å². The van der Waals surface area contributed by atoms with Crippen molar-refractivity contribution in [3.63, 3.8) is 0 Å². The van der Waals surface area contributed by atoms with Crippen LogP contribution in [0, 0.1) is 5.92 Å². The number of methoxy groups -OCH3 is 2. The molecule has 1 aliphatic rings. The summed E-state index contributed by atoms with van der Waals surface area (Å²) >= 11 is 0. The topological polar surface area (TPSA) is 69.7 Å². The summed E-state index contributed by atoms with van der Waals surface area (Å²) in [7, 11) is -0.126. The second kappa shape index (κ2) is 5.21. The number of hydrogen-bond donors (Lipinski definition) is 0. The van der Waals surface area contributed by atoms with E-state index >= 15 is 0 Å². The first-order chi connectivity index (χ1) is 8.98. The van der Waals surface area contributed by atoms with E-state index in [4.69, 9.17) is 9.47 Å². The molecule has 0 N–H and O–H groups in total. The molecule has 6 heteroatoms. The molecule has 19 heavy (non-hydrogen) atoms. The number of sulfone groups is 1. The molecule has 0 aliphatic carbocycles. The van der Waals surface area contributed by atoms with Gasteiger partial charge in [-0.2, -0.15) is 0 Å². The molecule has 5 nitrogen and oxygen atoms in total. The molecule has 0 spiro atoms. The third kappa shape index (κ3) is 2.73. The molecule has 1 atom stereocenters. The molecule has 1 aliphatic heterocycles. The van der Waals surface area contributed by atoms with Crippen LogP contribution in [0.2, 0.25) is 0 Å². The molecule has 1 aromatic rings. The molecule has 0 bridgehead atoms. The van der Waals surface area contributed by atoms with Gasteiger partial charge in [0.2, 0.25) is 0 Å². The Labute approximate surface area is 112 Å². The van der Waals surface area contributed by atoms with E-state index in [0.717, 1.165) is 0 Å². The van der Waals surface area contributed by atoms with E-state index in [2.05, 4.69) is 0 Å². The normalized spacial score (nSPS) is 21.1. The molecule has 0 amide bonds. The summed E-state index contributed by atoms with van der Waals surface area (Å²) in [4.78, 5) is 12.4. The molecule has 1 unspecified atom stereocenters. The fraction of sp³-hybridized carbons (Fsp3) is 0.462. The Bertz CT molecular complexity index is 591. The van der Waals surface area contributed by atoms with Crippen LogP contribution in [-0.4, -0.2) is 39.9 Å². The molecule has 104 valence electrons. The fourth-order valence-electron chi connectivity index (χ4n) is 2.30. The summed E-state index contributed by atoms with van der Waals surface area (Å²) in [5.41, 5.74) is 0.379. The Kier molecular flexibility index (Phi) is 3.80. The Morgan fingerprint density at radius 1 is 1.26 bits per heavy atom. The fourth-order valence-corrected chi connectivity index (χ4v) is 4.04. The van der Waals surface area contributed by atoms with Gasteiger partial charge >= 0.3 is 0 Å². The second-order valence-corrected chi connectivity index (χ2v) is 6.73. The van der Waals surface area contributed by atoms with Crippen molar-refractivity contribution in [2.24, 2.45) is 5.92 Å². The average molecular weight is 284 g/mol. The van der Waals surface area contributed by atoms with Gasteiger partial charge in [-0.3, -0.25) is 4.79 Å². The number of carbonyl (C=O) groups excluding carboxylic acids is 1. The highest BCUT2D eigenvalue weighted by molar-refractivity contribution is 7.91. The minimum atomic E-state index is -3.08. The number of ketones is 1. The van der Waals surface area contributed by atoms with Crippen molar-refractivity contribution in [1.82, 2.24) is 0 Å². The van der Waals surface area contributed by atoms with Crippen molar-refractivity contribution in [1.29, 1.82) is 0 Å². The molecule has 1 aromatic carbocycles. The van der Waals surface area contributed by atoms with Crippen LogP contribution < -0.4 is 9.47 Å². The van der Waals surface area contributed by atoms with Gasteiger partial charge in [0.1, 0.15) is 0 Å². The molecule has 0 saturated carbocycles. The van der Waals surface area contributed by atoms with E-state index < -0.39 is 15.8 Å². The van der Waals surface area contributed by atoms with Gasteiger partial charge in [-0.1, -0.05) is 6.07 Å². The minimum Gasteiger partial charge on any atom is -0.493 e. The van der Waals surface area contributed by atoms with Gasteiger partial charge in [0.15, 0.2) is 27.1 Å². The maximum atomic E-state index is 12.4. The zero-order chi connectivity index (χ0) is 14.0. The Morgan fingerprint density at radius 2 is 2.00 bits per heavy atom. The third-order valence-corrected chi connectivity index (χ3v) is 5.04. The van der Waals surface area contributed by atoms with Gasteiger partial charge in [-0.25, -0.2) is 8.42 Å². The van der Waals surface area contributed by atoms with E-state index in [1.54, 1.807) is 18.2 Å². The molecule has 1 fully saturated rings. The van der Waals surface area contributed by atoms with E-state index in [1.165, 1.54) is 14.2 Å². The smallest absolute Gasteiger partial charge is 0.171 e. The van der Waals surface area contributed by atoms with E-state index in [9.17, 15) is 13.2 Å².